The normalized spacial score (nSPS) is 11.3. The molecule has 0 aliphatic carbocycles. The Balaban J connectivity index is 1.91. The summed E-state index contributed by atoms with van der Waals surface area (Å²) in [5.41, 5.74) is 1.79. The zero-order valence-electron chi connectivity index (χ0n) is 16.6. The van der Waals surface area contributed by atoms with Gasteiger partial charge in [0.25, 0.3) is 0 Å². The lowest BCUT2D eigenvalue weighted by molar-refractivity contribution is -0.143. The number of ether oxygens (including phenoxy) is 2. The van der Waals surface area contributed by atoms with Crippen LogP contribution < -0.4 is 5.32 Å². The minimum absolute atomic E-state index is 0.127. The summed E-state index contributed by atoms with van der Waals surface area (Å²) in [5.74, 6) is -0.468. The van der Waals surface area contributed by atoms with Crippen LogP contribution in [0.5, 0.6) is 0 Å². The Kier molecular flexibility index (Phi) is 9.42. The number of hydrogen-bond donors (Lipinski definition) is 1. The molecule has 0 unspecified atom stereocenters. The third-order valence-corrected chi connectivity index (χ3v) is 4.29. The zero-order chi connectivity index (χ0) is 20.9. The van der Waals surface area contributed by atoms with Crippen LogP contribution in [0, 0.1) is 0 Å². The van der Waals surface area contributed by atoms with Gasteiger partial charge in [-0.15, -0.1) is 0 Å². The van der Waals surface area contributed by atoms with E-state index in [2.05, 4.69) is 5.32 Å². The maximum atomic E-state index is 12.7. The highest BCUT2D eigenvalue weighted by Gasteiger charge is 2.22. The van der Waals surface area contributed by atoms with Gasteiger partial charge in [-0.05, 0) is 30.9 Å². The molecule has 2 aromatic carbocycles. The van der Waals surface area contributed by atoms with E-state index >= 15 is 0 Å². The van der Waals surface area contributed by atoms with Crippen molar-refractivity contribution in [3.05, 3.63) is 71.8 Å². The molecule has 0 saturated heterocycles. The first-order valence-electron chi connectivity index (χ1n) is 9.78. The standard InChI is InChI=1S/C23H27NO5/c1-2-28-22(26)15-9-14-21(25)20(16-18-10-5-3-6-11-18)24-23(27)29-17-19-12-7-4-8-13-19/h3-8,10-13,20H,2,9,14-17H2,1H3,(H,24,27)/t20-/m0/s1. The van der Waals surface area contributed by atoms with Gasteiger partial charge in [0.2, 0.25) is 0 Å². The first kappa shape index (κ1) is 22.1. The molecule has 0 aliphatic rings. The lowest BCUT2D eigenvalue weighted by Crippen LogP contribution is -2.42. The lowest BCUT2D eigenvalue weighted by Gasteiger charge is -2.18. The van der Waals surface area contributed by atoms with Crippen LogP contribution in [0.1, 0.15) is 37.3 Å². The first-order chi connectivity index (χ1) is 14.1. The molecule has 29 heavy (non-hydrogen) atoms. The van der Waals surface area contributed by atoms with Gasteiger partial charge >= 0.3 is 12.1 Å². The summed E-state index contributed by atoms with van der Waals surface area (Å²) in [6.45, 7) is 2.18. The number of esters is 1. The molecule has 0 spiro atoms. The Labute approximate surface area is 171 Å². The molecular weight excluding hydrogens is 370 g/mol. The highest BCUT2D eigenvalue weighted by atomic mass is 16.5. The van der Waals surface area contributed by atoms with E-state index in [4.69, 9.17) is 9.47 Å². The topological polar surface area (TPSA) is 81.7 Å². The molecule has 0 aliphatic heterocycles. The number of carbonyl (C=O) groups is 3. The molecule has 6 nitrogen and oxygen atoms in total. The summed E-state index contributed by atoms with van der Waals surface area (Å²) in [6.07, 6.45) is 0.447. The van der Waals surface area contributed by atoms with Gasteiger partial charge in [-0.2, -0.15) is 0 Å². The van der Waals surface area contributed by atoms with Crippen LogP contribution in [-0.2, 0) is 32.1 Å². The maximum Gasteiger partial charge on any atom is 0.408 e. The van der Waals surface area contributed by atoms with E-state index in [9.17, 15) is 14.4 Å². The van der Waals surface area contributed by atoms with Gasteiger partial charge in [0, 0.05) is 12.8 Å². The largest absolute Gasteiger partial charge is 0.466 e. The van der Waals surface area contributed by atoms with Crippen molar-refractivity contribution in [1.29, 1.82) is 0 Å². The fraction of sp³-hybridized carbons (Fsp3) is 0.348. The van der Waals surface area contributed by atoms with E-state index in [0.717, 1.165) is 11.1 Å². The fourth-order valence-electron chi connectivity index (χ4n) is 2.82. The van der Waals surface area contributed by atoms with E-state index in [0.29, 0.717) is 19.4 Å². The Morgan fingerprint density at radius 1 is 0.862 bits per heavy atom. The average Bonchev–Trinajstić information content (AvgIpc) is 2.73. The van der Waals surface area contributed by atoms with E-state index in [-0.39, 0.29) is 31.2 Å². The van der Waals surface area contributed by atoms with Crippen molar-refractivity contribution >= 4 is 17.8 Å². The molecule has 2 rings (SSSR count). The first-order valence-corrected chi connectivity index (χ1v) is 9.78. The monoisotopic (exact) mass is 397 g/mol. The number of ketones is 1. The van der Waals surface area contributed by atoms with Crippen LogP contribution in [0.2, 0.25) is 0 Å². The van der Waals surface area contributed by atoms with Crippen LogP contribution >= 0.6 is 0 Å². The van der Waals surface area contributed by atoms with E-state index in [1.807, 2.05) is 60.7 Å². The summed E-state index contributed by atoms with van der Waals surface area (Å²) in [7, 11) is 0. The minimum atomic E-state index is -0.720. The average molecular weight is 397 g/mol. The Hall–Kier alpha value is -3.15. The summed E-state index contributed by atoms with van der Waals surface area (Å²) in [4.78, 5) is 36.4. The molecule has 0 saturated carbocycles. The van der Waals surface area contributed by atoms with Crippen molar-refractivity contribution in [2.24, 2.45) is 0 Å². The van der Waals surface area contributed by atoms with Crippen molar-refractivity contribution in [2.45, 2.75) is 45.3 Å². The molecule has 1 N–H and O–H groups in total. The number of amides is 1. The van der Waals surface area contributed by atoms with Gasteiger partial charge < -0.3 is 14.8 Å². The summed E-state index contributed by atoms with van der Waals surface area (Å²) >= 11 is 0. The van der Waals surface area contributed by atoms with Gasteiger partial charge in [-0.25, -0.2) is 4.79 Å². The third kappa shape index (κ3) is 8.60. The SMILES string of the molecule is CCOC(=O)CCCC(=O)[C@H](Cc1ccccc1)NC(=O)OCc1ccccc1. The van der Waals surface area contributed by atoms with Gasteiger partial charge in [0.1, 0.15) is 6.61 Å². The van der Waals surface area contributed by atoms with Gasteiger partial charge in [0.05, 0.1) is 12.6 Å². The van der Waals surface area contributed by atoms with Crippen molar-refractivity contribution in [1.82, 2.24) is 5.32 Å². The number of nitrogens with one attached hydrogen (secondary N) is 1. The van der Waals surface area contributed by atoms with Crippen LogP contribution in [0.3, 0.4) is 0 Å². The molecule has 1 atom stereocenters. The van der Waals surface area contributed by atoms with Crippen molar-refractivity contribution in [3.63, 3.8) is 0 Å². The third-order valence-electron chi connectivity index (χ3n) is 4.29. The Morgan fingerprint density at radius 3 is 2.10 bits per heavy atom. The highest BCUT2D eigenvalue weighted by Crippen LogP contribution is 2.09. The Morgan fingerprint density at radius 2 is 1.48 bits per heavy atom. The second kappa shape index (κ2) is 12.3. The van der Waals surface area contributed by atoms with E-state index in [1.54, 1.807) is 6.92 Å². The van der Waals surface area contributed by atoms with Crippen LogP contribution in [-0.4, -0.2) is 30.5 Å². The number of benzene rings is 2. The van der Waals surface area contributed by atoms with E-state index < -0.39 is 12.1 Å². The predicted molar refractivity (Wildman–Crippen MR) is 109 cm³/mol. The van der Waals surface area contributed by atoms with E-state index in [1.165, 1.54) is 0 Å². The minimum Gasteiger partial charge on any atom is -0.466 e. The smallest absolute Gasteiger partial charge is 0.408 e. The van der Waals surface area contributed by atoms with Gasteiger partial charge in [-0.1, -0.05) is 60.7 Å². The second-order valence-electron chi connectivity index (χ2n) is 6.57. The summed E-state index contributed by atoms with van der Waals surface area (Å²) in [6, 6.07) is 18.1. The molecule has 154 valence electrons. The molecule has 6 heteroatoms. The summed E-state index contributed by atoms with van der Waals surface area (Å²) in [5, 5.41) is 2.67. The Bertz CT molecular complexity index is 776. The van der Waals surface area contributed by atoms with Crippen LogP contribution in [0.4, 0.5) is 4.79 Å². The van der Waals surface area contributed by atoms with Crippen LogP contribution in [0.25, 0.3) is 0 Å². The van der Waals surface area contributed by atoms with Gasteiger partial charge in [0.15, 0.2) is 5.78 Å². The van der Waals surface area contributed by atoms with Crippen molar-refractivity contribution < 1.29 is 23.9 Å². The number of hydrogen-bond acceptors (Lipinski definition) is 5. The molecule has 2 aromatic rings. The van der Waals surface area contributed by atoms with Gasteiger partial charge in [-0.3, -0.25) is 9.59 Å². The van der Waals surface area contributed by atoms with Crippen LogP contribution in [0.15, 0.2) is 60.7 Å². The molecule has 0 heterocycles. The highest BCUT2D eigenvalue weighted by molar-refractivity contribution is 5.88. The molecule has 0 bridgehead atoms. The second-order valence-corrected chi connectivity index (χ2v) is 6.57. The molecular formula is C23H27NO5. The maximum absolute atomic E-state index is 12.7. The predicted octanol–water partition coefficient (Wildman–Crippen LogP) is 3.83. The molecule has 1 amide bonds. The molecule has 0 radical (unpaired) electrons. The number of rotatable bonds is 11. The number of Topliss-reactive ketones (excluding diaryl/α,β-unsaturated/α-hetero) is 1. The van der Waals surface area contributed by atoms with Crippen molar-refractivity contribution in [3.8, 4) is 0 Å². The zero-order valence-corrected chi connectivity index (χ0v) is 16.6. The number of alkyl carbamates (subject to hydrolysis) is 1. The fourth-order valence-corrected chi connectivity index (χ4v) is 2.82. The molecule has 0 fully saturated rings. The summed E-state index contributed by atoms with van der Waals surface area (Å²) < 4.78 is 10.1. The number of carbonyl (C=O) groups excluding carboxylic acids is 3. The lowest BCUT2D eigenvalue weighted by atomic mass is 9.99. The quantitative estimate of drug-likeness (QED) is 0.583. The van der Waals surface area contributed by atoms with Crippen molar-refractivity contribution in [2.75, 3.05) is 6.61 Å². The molecule has 0 aromatic heterocycles.